The van der Waals surface area contributed by atoms with Crippen LogP contribution in [-0.2, 0) is 4.74 Å². The van der Waals surface area contributed by atoms with Gasteiger partial charge in [0, 0.05) is 24.5 Å². The van der Waals surface area contributed by atoms with Crippen LogP contribution in [0.4, 0.5) is 0 Å². The van der Waals surface area contributed by atoms with Crippen molar-refractivity contribution in [1.29, 1.82) is 0 Å². The van der Waals surface area contributed by atoms with Gasteiger partial charge in [-0.15, -0.1) is 0 Å². The summed E-state index contributed by atoms with van der Waals surface area (Å²) >= 11 is 3.31. The zero-order chi connectivity index (χ0) is 9.97. The molecule has 82 valence electrons. The van der Waals surface area contributed by atoms with E-state index in [9.17, 15) is 5.11 Å². The van der Waals surface area contributed by atoms with Crippen molar-refractivity contribution in [2.24, 2.45) is 0 Å². The van der Waals surface area contributed by atoms with Crippen LogP contribution in [0.3, 0.4) is 0 Å². The normalized spacial score (nSPS) is 35.6. The summed E-state index contributed by atoms with van der Waals surface area (Å²) < 4.78 is 5.71. The lowest BCUT2D eigenvalue weighted by Crippen LogP contribution is -2.51. The highest BCUT2D eigenvalue weighted by atomic mass is 79.9. The van der Waals surface area contributed by atoms with Gasteiger partial charge >= 0.3 is 0 Å². The molecule has 0 aromatic heterocycles. The molecule has 0 aromatic rings. The number of hydrogen-bond acceptors (Lipinski definition) is 3. The molecule has 1 aliphatic carbocycles. The smallest absolute Gasteiger partial charge is 0.0763 e. The second-order valence-electron chi connectivity index (χ2n) is 4.21. The standard InChI is InChI=1S/C10H18BrNO2/c11-6-8(13)7-12-4-5-14-10-3-1-2-9(10)12/h8-10,13H,1-7H2. The molecule has 14 heavy (non-hydrogen) atoms. The first-order valence-corrected chi connectivity index (χ1v) is 6.53. The summed E-state index contributed by atoms with van der Waals surface area (Å²) in [6, 6.07) is 0.567. The van der Waals surface area contributed by atoms with Crippen LogP contribution in [0.25, 0.3) is 0 Å². The summed E-state index contributed by atoms with van der Waals surface area (Å²) in [5.41, 5.74) is 0. The Kier molecular flexibility index (Phi) is 3.82. The van der Waals surface area contributed by atoms with Crippen LogP contribution in [-0.4, -0.2) is 53.3 Å². The number of nitrogens with zero attached hydrogens (tertiary/aromatic N) is 1. The van der Waals surface area contributed by atoms with E-state index in [2.05, 4.69) is 20.8 Å². The summed E-state index contributed by atoms with van der Waals surface area (Å²) in [7, 11) is 0. The van der Waals surface area contributed by atoms with E-state index >= 15 is 0 Å². The summed E-state index contributed by atoms with van der Waals surface area (Å²) in [6.45, 7) is 2.59. The lowest BCUT2D eigenvalue weighted by molar-refractivity contribution is -0.0651. The molecule has 4 heteroatoms. The molecule has 1 saturated heterocycles. The van der Waals surface area contributed by atoms with Gasteiger partial charge in [0.05, 0.1) is 18.8 Å². The maximum Gasteiger partial charge on any atom is 0.0763 e. The lowest BCUT2D eigenvalue weighted by atomic mass is 10.1. The van der Waals surface area contributed by atoms with Crippen LogP contribution in [0, 0.1) is 0 Å². The van der Waals surface area contributed by atoms with E-state index in [0.29, 0.717) is 17.5 Å². The molecule has 1 N–H and O–H groups in total. The van der Waals surface area contributed by atoms with Crippen LogP contribution in [0.1, 0.15) is 19.3 Å². The molecule has 1 heterocycles. The molecule has 3 atom stereocenters. The van der Waals surface area contributed by atoms with Crippen molar-refractivity contribution in [2.75, 3.05) is 25.0 Å². The summed E-state index contributed by atoms with van der Waals surface area (Å²) in [5.74, 6) is 0. The van der Waals surface area contributed by atoms with E-state index in [1.165, 1.54) is 19.3 Å². The van der Waals surface area contributed by atoms with Crippen LogP contribution >= 0.6 is 15.9 Å². The Hall–Kier alpha value is 0.360. The number of rotatable bonds is 3. The molecule has 2 rings (SSSR count). The Balaban J connectivity index is 1.90. The predicted octanol–water partition coefficient (Wildman–Crippen LogP) is 0.996. The van der Waals surface area contributed by atoms with Gasteiger partial charge in [0.1, 0.15) is 0 Å². The monoisotopic (exact) mass is 263 g/mol. The van der Waals surface area contributed by atoms with Crippen molar-refractivity contribution in [3.05, 3.63) is 0 Å². The predicted molar refractivity (Wildman–Crippen MR) is 58.8 cm³/mol. The maximum absolute atomic E-state index is 9.60. The largest absolute Gasteiger partial charge is 0.391 e. The van der Waals surface area contributed by atoms with E-state index in [4.69, 9.17) is 4.74 Å². The molecule has 3 unspecified atom stereocenters. The number of halogens is 1. The van der Waals surface area contributed by atoms with E-state index in [-0.39, 0.29) is 6.10 Å². The number of fused-ring (bicyclic) bond motifs is 1. The fourth-order valence-corrected chi connectivity index (χ4v) is 2.76. The van der Waals surface area contributed by atoms with Crippen molar-refractivity contribution in [1.82, 2.24) is 4.90 Å². The van der Waals surface area contributed by atoms with Crippen LogP contribution in [0.2, 0.25) is 0 Å². The van der Waals surface area contributed by atoms with Crippen molar-refractivity contribution < 1.29 is 9.84 Å². The molecule has 0 spiro atoms. The first kappa shape index (κ1) is 10.9. The minimum Gasteiger partial charge on any atom is -0.391 e. The molecule has 3 nitrogen and oxygen atoms in total. The molecule has 1 aliphatic heterocycles. The quantitative estimate of drug-likeness (QED) is 0.772. The summed E-state index contributed by atoms with van der Waals surface area (Å²) in [5, 5.41) is 10.3. The van der Waals surface area contributed by atoms with Gasteiger partial charge in [-0.2, -0.15) is 0 Å². The van der Waals surface area contributed by atoms with E-state index in [1.807, 2.05) is 0 Å². The Morgan fingerprint density at radius 3 is 3.14 bits per heavy atom. The third-order valence-electron chi connectivity index (χ3n) is 3.22. The Morgan fingerprint density at radius 2 is 2.36 bits per heavy atom. The summed E-state index contributed by atoms with van der Waals surface area (Å²) in [6.07, 6.45) is 3.90. The minimum atomic E-state index is -0.241. The number of aliphatic hydroxyl groups excluding tert-OH is 1. The van der Waals surface area contributed by atoms with Gasteiger partial charge in [0.25, 0.3) is 0 Å². The van der Waals surface area contributed by atoms with Gasteiger partial charge in [0.15, 0.2) is 0 Å². The van der Waals surface area contributed by atoms with E-state index in [0.717, 1.165) is 19.7 Å². The fraction of sp³-hybridized carbons (Fsp3) is 1.00. The third kappa shape index (κ3) is 2.30. The molecule has 0 aromatic carbocycles. The van der Waals surface area contributed by atoms with E-state index in [1.54, 1.807) is 0 Å². The molecule has 2 aliphatic rings. The van der Waals surface area contributed by atoms with Gasteiger partial charge in [-0.1, -0.05) is 15.9 Å². The number of alkyl halides is 1. The number of hydrogen-bond donors (Lipinski definition) is 1. The topological polar surface area (TPSA) is 32.7 Å². The second-order valence-corrected chi connectivity index (χ2v) is 4.86. The van der Waals surface area contributed by atoms with Gasteiger partial charge < -0.3 is 9.84 Å². The van der Waals surface area contributed by atoms with Crippen molar-refractivity contribution >= 4 is 15.9 Å². The molecule has 1 saturated carbocycles. The van der Waals surface area contributed by atoms with E-state index < -0.39 is 0 Å². The Labute approximate surface area is 93.5 Å². The highest BCUT2D eigenvalue weighted by Crippen LogP contribution is 2.29. The molecular formula is C10H18BrNO2. The van der Waals surface area contributed by atoms with Crippen molar-refractivity contribution in [2.45, 2.75) is 37.5 Å². The maximum atomic E-state index is 9.60. The third-order valence-corrected chi connectivity index (χ3v) is 3.97. The SMILES string of the molecule is OC(CBr)CN1CCOC2CCCC21. The zero-order valence-corrected chi connectivity index (χ0v) is 9.95. The van der Waals surface area contributed by atoms with Gasteiger partial charge in [-0.3, -0.25) is 4.90 Å². The fourth-order valence-electron chi connectivity index (χ4n) is 2.55. The van der Waals surface area contributed by atoms with Crippen LogP contribution < -0.4 is 0 Å². The number of aliphatic hydroxyl groups is 1. The Morgan fingerprint density at radius 1 is 1.50 bits per heavy atom. The first-order chi connectivity index (χ1) is 6.81. The summed E-state index contributed by atoms with van der Waals surface area (Å²) in [4.78, 5) is 2.40. The number of morpholine rings is 1. The van der Waals surface area contributed by atoms with Crippen LogP contribution in [0.15, 0.2) is 0 Å². The highest BCUT2D eigenvalue weighted by Gasteiger charge is 2.36. The van der Waals surface area contributed by atoms with Crippen LogP contribution in [0.5, 0.6) is 0 Å². The second kappa shape index (κ2) is 4.92. The Bertz CT molecular complexity index is 191. The zero-order valence-electron chi connectivity index (χ0n) is 8.36. The van der Waals surface area contributed by atoms with Crippen molar-refractivity contribution in [3.8, 4) is 0 Å². The van der Waals surface area contributed by atoms with Crippen molar-refractivity contribution in [3.63, 3.8) is 0 Å². The number of β-amino-alcohol motifs (C(OH)–C–C–N with tert-alkyl or cyclic N) is 1. The van der Waals surface area contributed by atoms with Gasteiger partial charge in [-0.05, 0) is 19.3 Å². The lowest BCUT2D eigenvalue weighted by Gasteiger charge is -2.38. The van der Waals surface area contributed by atoms with Gasteiger partial charge in [-0.25, -0.2) is 0 Å². The molecular weight excluding hydrogens is 246 g/mol. The highest BCUT2D eigenvalue weighted by molar-refractivity contribution is 9.09. The molecule has 0 bridgehead atoms. The van der Waals surface area contributed by atoms with Gasteiger partial charge in [0.2, 0.25) is 0 Å². The average Bonchev–Trinajstić information content (AvgIpc) is 2.66. The average molecular weight is 264 g/mol. The minimum absolute atomic E-state index is 0.241. The first-order valence-electron chi connectivity index (χ1n) is 5.41. The molecule has 0 radical (unpaired) electrons. The molecule has 0 amide bonds. The number of ether oxygens (including phenoxy) is 1. The molecule has 2 fully saturated rings.